The van der Waals surface area contributed by atoms with Crippen molar-refractivity contribution in [3.8, 4) is 0 Å². The number of esters is 1. The minimum Gasteiger partial charge on any atom is -0.466 e. The van der Waals surface area contributed by atoms with Gasteiger partial charge in [-0.2, -0.15) is 0 Å². The van der Waals surface area contributed by atoms with E-state index in [2.05, 4.69) is 5.32 Å². The van der Waals surface area contributed by atoms with Gasteiger partial charge in [0.05, 0.1) is 24.7 Å². The molecule has 1 fully saturated rings. The van der Waals surface area contributed by atoms with E-state index in [4.69, 9.17) is 9.47 Å². The van der Waals surface area contributed by atoms with Crippen LogP contribution in [0.2, 0.25) is 0 Å². The molecule has 0 aromatic carbocycles. The number of hydrogen-bond acceptors (Lipinski definition) is 4. The second-order valence-electron chi connectivity index (χ2n) is 3.93. The first-order valence-corrected chi connectivity index (χ1v) is 5.67. The van der Waals surface area contributed by atoms with Gasteiger partial charge in [0.2, 0.25) is 0 Å². The Labute approximate surface area is 91.3 Å². The van der Waals surface area contributed by atoms with Crippen molar-refractivity contribution >= 4 is 5.97 Å². The van der Waals surface area contributed by atoms with Gasteiger partial charge in [0.25, 0.3) is 0 Å². The van der Waals surface area contributed by atoms with Crippen molar-refractivity contribution in [3.05, 3.63) is 0 Å². The summed E-state index contributed by atoms with van der Waals surface area (Å²) < 4.78 is 10.5. The average Bonchev–Trinajstić information content (AvgIpc) is 2.49. The first-order chi connectivity index (χ1) is 7.14. The van der Waals surface area contributed by atoms with Gasteiger partial charge in [-0.3, -0.25) is 4.79 Å². The Bertz CT molecular complexity index is 220. The van der Waals surface area contributed by atoms with Crippen LogP contribution in [0.5, 0.6) is 0 Å². The lowest BCUT2D eigenvalue weighted by Crippen LogP contribution is -2.52. The van der Waals surface area contributed by atoms with Crippen LogP contribution in [0.1, 0.15) is 33.6 Å². The molecule has 0 aliphatic carbocycles. The summed E-state index contributed by atoms with van der Waals surface area (Å²) in [6, 6.07) is 0. The minimum atomic E-state index is -0.221. The molecule has 0 aromatic heterocycles. The summed E-state index contributed by atoms with van der Waals surface area (Å²) in [4.78, 5) is 11.5. The van der Waals surface area contributed by atoms with Crippen LogP contribution in [0.4, 0.5) is 0 Å². The molecule has 2 atom stereocenters. The maximum Gasteiger partial charge on any atom is 0.307 e. The van der Waals surface area contributed by atoms with Crippen LogP contribution >= 0.6 is 0 Å². The number of likely N-dealkylation sites (N-methyl/N-ethyl adjacent to an activating group) is 1. The molecule has 0 radical (unpaired) electrons. The summed E-state index contributed by atoms with van der Waals surface area (Å²) in [5, 5.41) is 3.37. The third-order valence-electron chi connectivity index (χ3n) is 2.99. The van der Waals surface area contributed by atoms with Crippen LogP contribution in [0.25, 0.3) is 0 Å². The van der Waals surface area contributed by atoms with Gasteiger partial charge in [-0.1, -0.05) is 6.92 Å². The number of carbonyl (C=O) groups is 1. The number of hydrogen-bond donors (Lipinski definition) is 1. The van der Waals surface area contributed by atoms with E-state index in [-0.39, 0.29) is 17.6 Å². The first-order valence-electron chi connectivity index (χ1n) is 5.67. The van der Waals surface area contributed by atoms with Crippen molar-refractivity contribution in [1.82, 2.24) is 5.32 Å². The van der Waals surface area contributed by atoms with Gasteiger partial charge in [0, 0.05) is 6.61 Å². The molecular weight excluding hydrogens is 194 g/mol. The lowest BCUT2D eigenvalue weighted by Gasteiger charge is -2.32. The maximum absolute atomic E-state index is 11.5. The van der Waals surface area contributed by atoms with Crippen LogP contribution in [-0.4, -0.2) is 37.4 Å². The summed E-state index contributed by atoms with van der Waals surface area (Å²) >= 11 is 0. The van der Waals surface area contributed by atoms with E-state index in [1.807, 2.05) is 20.8 Å². The van der Waals surface area contributed by atoms with E-state index in [9.17, 15) is 4.79 Å². The topological polar surface area (TPSA) is 47.6 Å². The summed E-state index contributed by atoms with van der Waals surface area (Å²) in [5.41, 5.74) is -0.221. The molecule has 0 saturated carbocycles. The minimum absolute atomic E-state index is 0.0712. The van der Waals surface area contributed by atoms with E-state index < -0.39 is 0 Å². The lowest BCUT2D eigenvalue weighted by atomic mass is 9.88. The van der Waals surface area contributed by atoms with Crippen molar-refractivity contribution in [2.45, 2.75) is 45.3 Å². The third-order valence-corrected chi connectivity index (χ3v) is 2.99. The van der Waals surface area contributed by atoms with Gasteiger partial charge in [-0.15, -0.1) is 0 Å². The second kappa shape index (κ2) is 5.47. The summed E-state index contributed by atoms with van der Waals surface area (Å²) in [5.74, 6) is -0.143. The van der Waals surface area contributed by atoms with E-state index in [1.165, 1.54) is 0 Å². The Morgan fingerprint density at radius 2 is 2.33 bits per heavy atom. The standard InChI is InChI=1S/C11H21NO3/c1-4-12-11(6-7-15-9(11)3)8-10(13)14-5-2/h9,12H,4-8H2,1-3H3. The van der Waals surface area contributed by atoms with Gasteiger partial charge in [-0.05, 0) is 26.8 Å². The normalized spacial score (nSPS) is 30.5. The van der Waals surface area contributed by atoms with Gasteiger partial charge in [-0.25, -0.2) is 0 Å². The predicted octanol–water partition coefficient (Wildman–Crippen LogP) is 1.10. The second-order valence-corrected chi connectivity index (χ2v) is 3.93. The quantitative estimate of drug-likeness (QED) is 0.698. The molecule has 2 unspecified atom stereocenters. The molecular formula is C11H21NO3. The van der Waals surface area contributed by atoms with Crippen molar-refractivity contribution in [1.29, 1.82) is 0 Å². The maximum atomic E-state index is 11.5. The van der Waals surface area contributed by atoms with Crippen molar-refractivity contribution in [2.75, 3.05) is 19.8 Å². The molecule has 0 spiro atoms. The molecule has 1 saturated heterocycles. The lowest BCUT2D eigenvalue weighted by molar-refractivity contribution is -0.145. The SMILES string of the molecule is CCNC1(CC(=O)OCC)CCOC1C. The molecule has 0 bridgehead atoms. The van der Waals surface area contributed by atoms with Crippen molar-refractivity contribution in [3.63, 3.8) is 0 Å². The number of nitrogens with one attached hydrogen (secondary N) is 1. The smallest absolute Gasteiger partial charge is 0.307 e. The number of carbonyl (C=O) groups excluding carboxylic acids is 1. The van der Waals surface area contributed by atoms with Crippen LogP contribution in [0, 0.1) is 0 Å². The highest BCUT2D eigenvalue weighted by atomic mass is 16.5. The molecule has 4 heteroatoms. The summed E-state index contributed by atoms with van der Waals surface area (Å²) in [6.07, 6.45) is 1.35. The highest BCUT2D eigenvalue weighted by Gasteiger charge is 2.42. The van der Waals surface area contributed by atoms with Crippen LogP contribution in [0.3, 0.4) is 0 Å². The van der Waals surface area contributed by atoms with Crippen molar-refractivity contribution in [2.24, 2.45) is 0 Å². The number of rotatable bonds is 5. The molecule has 1 rings (SSSR count). The zero-order chi connectivity index (χ0) is 11.3. The molecule has 1 aliphatic heterocycles. The Morgan fingerprint density at radius 3 is 2.80 bits per heavy atom. The molecule has 0 aromatic rings. The Kier molecular flexibility index (Phi) is 4.54. The van der Waals surface area contributed by atoms with Crippen LogP contribution in [-0.2, 0) is 14.3 Å². The Hall–Kier alpha value is -0.610. The fraction of sp³-hybridized carbons (Fsp3) is 0.909. The fourth-order valence-electron chi connectivity index (χ4n) is 2.13. The largest absolute Gasteiger partial charge is 0.466 e. The summed E-state index contributed by atoms with van der Waals surface area (Å²) in [7, 11) is 0. The molecule has 0 amide bonds. The average molecular weight is 215 g/mol. The zero-order valence-corrected chi connectivity index (χ0v) is 9.84. The first kappa shape index (κ1) is 12.5. The van der Waals surface area contributed by atoms with E-state index >= 15 is 0 Å². The Morgan fingerprint density at radius 1 is 1.60 bits per heavy atom. The zero-order valence-electron chi connectivity index (χ0n) is 9.84. The van der Waals surface area contributed by atoms with Crippen LogP contribution in [0.15, 0.2) is 0 Å². The van der Waals surface area contributed by atoms with E-state index in [0.717, 1.165) is 13.0 Å². The molecule has 88 valence electrons. The predicted molar refractivity (Wildman–Crippen MR) is 57.7 cm³/mol. The Balaban J connectivity index is 2.60. The molecule has 1 aliphatic rings. The molecule has 1 heterocycles. The number of ether oxygens (including phenoxy) is 2. The van der Waals surface area contributed by atoms with Crippen molar-refractivity contribution < 1.29 is 14.3 Å². The summed E-state index contributed by atoms with van der Waals surface area (Å²) in [6.45, 7) is 7.87. The third kappa shape index (κ3) is 2.92. The molecule has 1 N–H and O–H groups in total. The van der Waals surface area contributed by atoms with E-state index in [0.29, 0.717) is 19.6 Å². The van der Waals surface area contributed by atoms with Gasteiger partial charge < -0.3 is 14.8 Å². The van der Waals surface area contributed by atoms with E-state index in [1.54, 1.807) is 0 Å². The monoisotopic (exact) mass is 215 g/mol. The van der Waals surface area contributed by atoms with Crippen LogP contribution < -0.4 is 5.32 Å². The fourth-order valence-corrected chi connectivity index (χ4v) is 2.13. The molecule has 4 nitrogen and oxygen atoms in total. The molecule has 15 heavy (non-hydrogen) atoms. The van der Waals surface area contributed by atoms with Gasteiger partial charge in [0.15, 0.2) is 0 Å². The highest BCUT2D eigenvalue weighted by molar-refractivity contribution is 5.71. The van der Waals surface area contributed by atoms with Gasteiger partial charge >= 0.3 is 5.97 Å². The highest BCUT2D eigenvalue weighted by Crippen LogP contribution is 2.29. The van der Waals surface area contributed by atoms with Gasteiger partial charge in [0.1, 0.15) is 0 Å².